The van der Waals surface area contributed by atoms with Gasteiger partial charge in [-0.3, -0.25) is 0 Å². The molecule has 0 aliphatic carbocycles. The van der Waals surface area contributed by atoms with Crippen LogP contribution in [0.3, 0.4) is 0 Å². The van der Waals surface area contributed by atoms with E-state index >= 15 is 0 Å². The largest absolute Gasteiger partial charge is 0.313 e. The third kappa shape index (κ3) is 3.00. The fraction of sp³-hybridized carbons (Fsp3) is 0.538. The SMILES string of the molecule is CCC(CC)C(NC)c1cc(F)c(F)c(F)c1. The van der Waals surface area contributed by atoms with Gasteiger partial charge < -0.3 is 5.32 Å². The van der Waals surface area contributed by atoms with Crippen LogP contribution in [0, 0.1) is 23.4 Å². The molecule has 0 saturated carbocycles. The van der Waals surface area contributed by atoms with Gasteiger partial charge in [-0.05, 0) is 30.7 Å². The first-order valence-corrected chi connectivity index (χ1v) is 5.86. The Kier molecular flexibility index (Phi) is 5.00. The lowest BCUT2D eigenvalue weighted by Crippen LogP contribution is -2.25. The van der Waals surface area contributed by atoms with E-state index in [1.165, 1.54) is 0 Å². The zero-order valence-electron chi connectivity index (χ0n) is 10.4. The van der Waals surface area contributed by atoms with Crippen LogP contribution >= 0.6 is 0 Å². The van der Waals surface area contributed by atoms with Crippen molar-refractivity contribution in [2.24, 2.45) is 5.92 Å². The second-order valence-corrected chi connectivity index (χ2v) is 4.14. The normalized spacial score (nSPS) is 13.1. The highest BCUT2D eigenvalue weighted by Gasteiger charge is 2.21. The monoisotopic (exact) mass is 245 g/mol. The van der Waals surface area contributed by atoms with E-state index in [-0.39, 0.29) is 12.0 Å². The van der Waals surface area contributed by atoms with Gasteiger partial charge in [-0.2, -0.15) is 0 Å². The van der Waals surface area contributed by atoms with E-state index in [9.17, 15) is 13.2 Å². The average Bonchev–Trinajstić information content (AvgIpc) is 2.32. The number of nitrogens with one attached hydrogen (secondary N) is 1. The molecule has 0 fully saturated rings. The lowest BCUT2D eigenvalue weighted by Gasteiger charge is -2.25. The molecule has 1 N–H and O–H groups in total. The second kappa shape index (κ2) is 6.05. The van der Waals surface area contributed by atoms with Gasteiger partial charge in [0.1, 0.15) is 0 Å². The summed E-state index contributed by atoms with van der Waals surface area (Å²) in [5, 5.41) is 3.04. The minimum atomic E-state index is -1.41. The minimum Gasteiger partial charge on any atom is -0.313 e. The molecule has 1 rings (SSSR count). The van der Waals surface area contributed by atoms with E-state index in [4.69, 9.17) is 0 Å². The van der Waals surface area contributed by atoms with Crippen LogP contribution in [0.5, 0.6) is 0 Å². The fourth-order valence-electron chi connectivity index (χ4n) is 2.19. The van der Waals surface area contributed by atoms with Crippen LogP contribution in [0.15, 0.2) is 12.1 Å². The highest BCUT2D eigenvalue weighted by Crippen LogP contribution is 2.28. The van der Waals surface area contributed by atoms with E-state index in [2.05, 4.69) is 5.32 Å². The molecule has 4 heteroatoms. The van der Waals surface area contributed by atoms with Gasteiger partial charge in [0.15, 0.2) is 17.5 Å². The number of hydrogen-bond acceptors (Lipinski definition) is 1. The zero-order chi connectivity index (χ0) is 13.0. The summed E-state index contributed by atoms with van der Waals surface area (Å²) in [6.07, 6.45) is 1.78. The standard InChI is InChI=1S/C13H18F3N/c1-4-8(5-2)13(17-3)9-6-10(14)12(16)11(15)7-9/h6-8,13,17H,4-5H2,1-3H3. The second-order valence-electron chi connectivity index (χ2n) is 4.14. The van der Waals surface area contributed by atoms with Crippen molar-refractivity contribution >= 4 is 0 Å². The lowest BCUT2D eigenvalue weighted by atomic mass is 9.89. The smallest absolute Gasteiger partial charge is 0.194 e. The Hall–Kier alpha value is -1.03. The predicted molar refractivity (Wildman–Crippen MR) is 62.2 cm³/mol. The Balaban J connectivity index is 3.12. The first-order valence-electron chi connectivity index (χ1n) is 5.86. The quantitative estimate of drug-likeness (QED) is 0.778. The Morgan fingerprint density at radius 2 is 1.53 bits per heavy atom. The summed E-state index contributed by atoms with van der Waals surface area (Å²) in [5.41, 5.74) is 0.456. The summed E-state index contributed by atoms with van der Waals surface area (Å²) in [4.78, 5) is 0. The van der Waals surface area contributed by atoms with E-state index in [0.717, 1.165) is 25.0 Å². The minimum absolute atomic E-state index is 0.158. The van der Waals surface area contributed by atoms with Crippen LogP contribution < -0.4 is 5.32 Å². The molecule has 0 amide bonds. The maximum atomic E-state index is 13.2. The van der Waals surface area contributed by atoms with E-state index in [1.54, 1.807) is 7.05 Å². The summed E-state index contributed by atoms with van der Waals surface area (Å²) >= 11 is 0. The Morgan fingerprint density at radius 1 is 1.06 bits per heavy atom. The average molecular weight is 245 g/mol. The molecule has 1 nitrogen and oxygen atoms in total. The van der Waals surface area contributed by atoms with Crippen LogP contribution in [0.1, 0.15) is 38.3 Å². The molecule has 0 aliphatic heterocycles. The van der Waals surface area contributed by atoms with E-state index < -0.39 is 17.5 Å². The van der Waals surface area contributed by atoms with Gasteiger partial charge in [0, 0.05) is 6.04 Å². The van der Waals surface area contributed by atoms with Crippen molar-refractivity contribution < 1.29 is 13.2 Å². The Morgan fingerprint density at radius 3 is 1.88 bits per heavy atom. The van der Waals surface area contributed by atoms with Gasteiger partial charge in [0.25, 0.3) is 0 Å². The zero-order valence-corrected chi connectivity index (χ0v) is 10.4. The molecule has 0 heterocycles. The molecule has 0 spiro atoms. The van der Waals surface area contributed by atoms with Crippen LogP contribution in [-0.4, -0.2) is 7.05 Å². The Labute approximate surface area is 100 Å². The van der Waals surface area contributed by atoms with Crippen molar-refractivity contribution in [1.82, 2.24) is 5.32 Å². The molecule has 0 radical (unpaired) electrons. The van der Waals surface area contributed by atoms with Crippen LogP contribution in [-0.2, 0) is 0 Å². The van der Waals surface area contributed by atoms with Gasteiger partial charge >= 0.3 is 0 Å². The number of benzene rings is 1. The van der Waals surface area contributed by atoms with Crippen LogP contribution in [0.2, 0.25) is 0 Å². The molecule has 0 bridgehead atoms. The van der Waals surface area contributed by atoms with Crippen molar-refractivity contribution in [2.45, 2.75) is 32.7 Å². The highest BCUT2D eigenvalue weighted by atomic mass is 19.2. The van der Waals surface area contributed by atoms with Crippen molar-refractivity contribution in [3.63, 3.8) is 0 Å². The molecule has 1 aromatic carbocycles. The third-order valence-electron chi connectivity index (χ3n) is 3.20. The number of rotatable bonds is 5. The van der Waals surface area contributed by atoms with Gasteiger partial charge in [-0.1, -0.05) is 26.7 Å². The molecule has 1 atom stereocenters. The van der Waals surface area contributed by atoms with Gasteiger partial charge in [0.05, 0.1) is 0 Å². The first kappa shape index (κ1) is 14.0. The number of halogens is 3. The summed E-state index contributed by atoms with van der Waals surface area (Å²) < 4.78 is 39.2. The lowest BCUT2D eigenvalue weighted by molar-refractivity contribution is 0.354. The Bertz CT molecular complexity index is 352. The van der Waals surface area contributed by atoms with Gasteiger partial charge in [0.2, 0.25) is 0 Å². The van der Waals surface area contributed by atoms with E-state index in [0.29, 0.717) is 5.56 Å². The summed E-state index contributed by atoms with van der Waals surface area (Å²) in [6, 6.07) is 1.98. The van der Waals surface area contributed by atoms with Crippen LogP contribution in [0.25, 0.3) is 0 Å². The van der Waals surface area contributed by atoms with E-state index in [1.807, 2.05) is 13.8 Å². The molecule has 0 aromatic heterocycles. The van der Waals surface area contributed by atoms with Crippen molar-refractivity contribution in [1.29, 1.82) is 0 Å². The molecule has 0 aliphatic rings. The van der Waals surface area contributed by atoms with Crippen molar-refractivity contribution in [3.05, 3.63) is 35.1 Å². The maximum absolute atomic E-state index is 13.2. The highest BCUT2D eigenvalue weighted by molar-refractivity contribution is 5.23. The molecular formula is C13H18F3N. The first-order chi connectivity index (χ1) is 8.04. The topological polar surface area (TPSA) is 12.0 Å². The summed E-state index contributed by atoms with van der Waals surface area (Å²) in [7, 11) is 1.74. The molecule has 1 aromatic rings. The van der Waals surface area contributed by atoms with Gasteiger partial charge in [-0.25, -0.2) is 13.2 Å². The predicted octanol–water partition coefficient (Wildman–Crippen LogP) is 3.80. The third-order valence-corrected chi connectivity index (χ3v) is 3.20. The molecule has 1 unspecified atom stereocenters. The number of hydrogen-bond donors (Lipinski definition) is 1. The van der Waals surface area contributed by atoms with Crippen molar-refractivity contribution in [3.8, 4) is 0 Å². The maximum Gasteiger partial charge on any atom is 0.194 e. The summed E-state index contributed by atoms with van der Waals surface area (Å²) in [5.74, 6) is -3.41. The molecule has 0 saturated heterocycles. The molecule has 96 valence electrons. The van der Waals surface area contributed by atoms with Crippen LogP contribution in [0.4, 0.5) is 13.2 Å². The molecule has 17 heavy (non-hydrogen) atoms. The molecular weight excluding hydrogens is 227 g/mol. The fourth-order valence-corrected chi connectivity index (χ4v) is 2.19. The van der Waals surface area contributed by atoms with Crippen molar-refractivity contribution in [2.75, 3.05) is 7.05 Å². The van der Waals surface area contributed by atoms with Gasteiger partial charge in [-0.15, -0.1) is 0 Å². The summed E-state index contributed by atoms with van der Waals surface area (Å²) in [6.45, 7) is 4.05.